The largest absolute Gasteiger partial charge is 0.494 e. The van der Waals surface area contributed by atoms with Gasteiger partial charge in [0.15, 0.2) is 0 Å². The van der Waals surface area contributed by atoms with Crippen LogP contribution in [0.1, 0.15) is 38.2 Å². The molecule has 0 radical (unpaired) electrons. The van der Waals surface area contributed by atoms with E-state index in [9.17, 15) is 0 Å². The van der Waals surface area contributed by atoms with Gasteiger partial charge in [-0.25, -0.2) is 0 Å². The Morgan fingerprint density at radius 1 is 1.19 bits per heavy atom. The number of benzene rings is 1. The van der Waals surface area contributed by atoms with Gasteiger partial charge in [0, 0.05) is 5.88 Å². The minimum absolute atomic E-state index is 0.724. The van der Waals surface area contributed by atoms with E-state index in [2.05, 4.69) is 25.1 Å². The maximum atomic E-state index is 5.70. The van der Waals surface area contributed by atoms with Crippen LogP contribution in [-0.4, -0.2) is 12.5 Å². The SMILES string of the molecule is CCCCCOc1cccc(CCCCl)c1. The third-order valence-electron chi connectivity index (χ3n) is 2.51. The minimum atomic E-state index is 0.724. The van der Waals surface area contributed by atoms with E-state index in [1.807, 2.05) is 6.07 Å². The molecule has 0 saturated heterocycles. The smallest absolute Gasteiger partial charge is 0.119 e. The molecule has 1 aromatic carbocycles. The summed E-state index contributed by atoms with van der Waals surface area (Å²) in [6.07, 6.45) is 5.68. The fraction of sp³-hybridized carbons (Fsp3) is 0.571. The zero-order chi connectivity index (χ0) is 11.6. The highest BCUT2D eigenvalue weighted by molar-refractivity contribution is 6.17. The molecule has 0 aromatic heterocycles. The van der Waals surface area contributed by atoms with Gasteiger partial charge in [-0.2, -0.15) is 0 Å². The number of ether oxygens (including phenoxy) is 1. The van der Waals surface area contributed by atoms with Crippen molar-refractivity contribution in [2.24, 2.45) is 0 Å². The van der Waals surface area contributed by atoms with Gasteiger partial charge < -0.3 is 4.74 Å². The monoisotopic (exact) mass is 240 g/mol. The first-order valence-corrected chi connectivity index (χ1v) is 6.68. The average molecular weight is 241 g/mol. The van der Waals surface area contributed by atoms with Gasteiger partial charge in [-0.3, -0.25) is 0 Å². The molecule has 0 aliphatic rings. The van der Waals surface area contributed by atoms with Crippen molar-refractivity contribution in [1.29, 1.82) is 0 Å². The maximum Gasteiger partial charge on any atom is 0.119 e. The molecule has 0 unspecified atom stereocenters. The lowest BCUT2D eigenvalue weighted by Crippen LogP contribution is -1.97. The predicted molar refractivity (Wildman–Crippen MR) is 70.5 cm³/mol. The van der Waals surface area contributed by atoms with Crippen LogP contribution in [0.3, 0.4) is 0 Å². The van der Waals surface area contributed by atoms with E-state index in [0.29, 0.717) is 0 Å². The summed E-state index contributed by atoms with van der Waals surface area (Å²) < 4.78 is 5.70. The van der Waals surface area contributed by atoms with Crippen LogP contribution in [-0.2, 0) is 6.42 Å². The first-order valence-electron chi connectivity index (χ1n) is 6.14. The number of rotatable bonds is 8. The van der Waals surface area contributed by atoms with Crippen LogP contribution >= 0.6 is 11.6 Å². The number of alkyl halides is 1. The fourth-order valence-corrected chi connectivity index (χ4v) is 1.74. The molecule has 0 fully saturated rings. The van der Waals surface area contributed by atoms with Crippen LogP contribution < -0.4 is 4.74 Å². The Bertz CT molecular complexity index is 286. The fourth-order valence-electron chi connectivity index (χ4n) is 1.60. The topological polar surface area (TPSA) is 9.23 Å². The summed E-state index contributed by atoms with van der Waals surface area (Å²) in [6.45, 7) is 3.03. The zero-order valence-electron chi connectivity index (χ0n) is 10.0. The number of halogens is 1. The van der Waals surface area contributed by atoms with Crippen molar-refractivity contribution < 1.29 is 4.74 Å². The third-order valence-corrected chi connectivity index (χ3v) is 2.78. The van der Waals surface area contributed by atoms with Crippen molar-refractivity contribution in [3.05, 3.63) is 29.8 Å². The molecular weight excluding hydrogens is 220 g/mol. The van der Waals surface area contributed by atoms with Crippen molar-refractivity contribution >= 4 is 11.6 Å². The summed E-state index contributed by atoms with van der Waals surface area (Å²) in [5.74, 6) is 1.71. The third kappa shape index (κ3) is 5.41. The van der Waals surface area contributed by atoms with Crippen LogP contribution in [0.2, 0.25) is 0 Å². The van der Waals surface area contributed by atoms with E-state index in [0.717, 1.165) is 37.5 Å². The number of unbranched alkanes of at least 4 members (excludes halogenated alkanes) is 2. The van der Waals surface area contributed by atoms with E-state index in [1.165, 1.54) is 18.4 Å². The average Bonchev–Trinajstić information content (AvgIpc) is 2.33. The van der Waals surface area contributed by atoms with Crippen molar-refractivity contribution in [2.75, 3.05) is 12.5 Å². The van der Waals surface area contributed by atoms with Gasteiger partial charge in [0.2, 0.25) is 0 Å². The van der Waals surface area contributed by atoms with Gasteiger partial charge in [0.05, 0.1) is 6.61 Å². The molecule has 1 nitrogen and oxygen atoms in total. The molecule has 0 N–H and O–H groups in total. The molecule has 1 aromatic rings. The summed E-state index contributed by atoms with van der Waals surface area (Å²) in [5.41, 5.74) is 1.31. The molecule has 0 spiro atoms. The van der Waals surface area contributed by atoms with Crippen LogP contribution in [0, 0.1) is 0 Å². The Hall–Kier alpha value is -0.690. The lowest BCUT2D eigenvalue weighted by molar-refractivity contribution is 0.306. The normalized spacial score (nSPS) is 10.4. The van der Waals surface area contributed by atoms with E-state index in [1.54, 1.807) is 0 Å². The molecule has 1 rings (SSSR count). The Morgan fingerprint density at radius 3 is 2.81 bits per heavy atom. The lowest BCUT2D eigenvalue weighted by Gasteiger charge is -2.07. The standard InChI is InChI=1S/C14H21ClO/c1-2-3-4-11-16-14-9-5-7-13(12-14)8-6-10-15/h5,7,9,12H,2-4,6,8,10-11H2,1H3. The molecule has 90 valence electrons. The Balaban J connectivity index is 2.35. The van der Waals surface area contributed by atoms with Crippen molar-refractivity contribution in [1.82, 2.24) is 0 Å². The first-order chi connectivity index (χ1) is 7.86. The number of hydrogen-bond acceptors (Lipinski definition) is 1. The van der Waals surface area contributed by atoms with Crippen LogP contribution in [0.4, 0.5) is 0 Å². The summed E-state index contributed by atoms with van der Waals surface area (Å²) in [5, 5.41) is 0. The number of aryl methyl sites for hydroxylation is 1. The van der Waals surface area contributed by atoms with Crippen LogP contribution in [0.25, 0.3) is 0 Å². The van der Waals surface area contributed by atoms with Gasteiger partial charge in [-0.05, 0) is 37.0 Å². The summed E-state index contributed by atoms with van der Waals surface area (Å²) >= 11 is 5.68. The van der Waals surface area contributed by atoms with Crippen molar-refractivity contribution in [3.63, 3.8) is 0 Å². The van der Waals surface area contributed by atoms with E-state index in [-0.39, 0.29) is 0 Å². The maximum absolute atomic E-state index is 5.70. The molecule has 0 aliphatic heterocycles. The highest BCUT2D eigenvalue weighted by atomic mass is 35.5. The van der Waals surface area contributed by atoms with Gasteiger partial charge in [-0.15, -0.1) is 11.6 Å². The molecule has 0 saturated carbocycles. The summed E-state index contributed by atoms with van der Waals surface area (Å²) in [7, 11) is 0. The molecule has 2 heteroatoms. The molecule has 16 heavy (non-hydrogen) atoms. The zero-order valence-corrected chi connectivity index (χ0v) is 10.8. The Kier molecular flexibility index (Phi) is 7.07. The van der Waals surface area contributed by atoms with Gasteiger partial charge in [0.1, 0.15) is 5.75 Å². The minimum Gasteiger partial charge on any atom is -0.494 e. The molecule has 0 bridgehead atoms. The molecular formula is C14H21ClO. The van der Waals surface area contributed by atoms with E-state index >= 15 is 0 Å². The molecule has 0 heterocycles. The van der Waals surface area contributed by atoms with Crippen LogP contribution in [0.15, 0.2) is 24.3 Å². The van der Waals surface area contributed by atoms with E-state index in [4.69, 9.17) is 16.3 Å². The Labute approximate surface area is 104 Å². The van der Waals surface area contributed by atoms with Crippen molar-refractivity contribution in [2.45, 2.75) is 39.0 Å². The summed E-state index contributed by atoms with van der Waals surface area (Å²) in [6, 6.07) is 8.33. The van der Waals surface area contributed by atoms with E-state index < -0.39 is 0 Å². The second-order valence-corrected chi connectivity index (χ2v) is 4.37. The first kappa shape index (κ1) is 13.4. The predicted octanol–water partition coefficient (Wildman–Crippen LogP) is 4.43. The Morgan fingerprint density at radius 2 is 2.06 bits per heavy atom. The highest BCUT2D eigenvalue weighted by Gasteiger charge is 1.97. The second kappa shape index (κ2) is 8.46. The van der Waals surface area contributed by atoms with Crippen LogP contribution in [0.5, 0.6) is 5.75 Å². The summed E-state index contributed by atoms with van der Waals surface area (Å²) in [4.78, 5) is 0. The van der Waals surface area contributed by atoms with Gasteiger partial charge >= 0.3 is 0 Å². The molecule has 0 aliphatic carbocycles. The van der Waals surface area contributed by atoms with Gasteiger partial charge in [0.25, 0.3) is 0 Å². The molecule has 0 atom stereocenters. The quantitative estimate of drug-likeness (QED) is 0.483. The second-order valence-electron chi connectivity index (χ2n) is 4.00. The van der Waals surface area contributed by atoms with Gasteiger partial charge in [-0.1, -0.05) is 31.9 Å². The highest BCUT2D eigenvalue weighted by Crippen LogP contribution is 2.15. The lowest BCUT2D eigenvalue weighted by atomic mass is 10.1. The number of hydrogen-bond donors (Lipinski definition) is 0. The molecule has 0 amide bonds. The van der Waals surface area contributed by atoms with Crippen molar-refractivity contribution in [3.8, 4) is 5.75 Å².